The Morgan fingerprint density at radius 1 is 1.10 bits per heavy atom. The second-order valence-electron chi connectivity index (χ2n) is 5.29. The van der Waals surface area contributed by atoms with Crippen LogP contribution >= 0.6 is 0 Å². The van der Waals surface area contributed by atoms with E-state index in [1.165, 1.54) is 17.7 Å². The SMILES string of the molecule is Cc1oc2ccccc2c1CN[C@@H](C)c1ccc(F)cc1. The molecule has 3 heteroatoms. The van der Waals surface area contributed by atoms with Crippen molar-refractivity contribution in [2.24, 2.45) is 0 Å². The molecule has 0 saturated carbocycles. The molecule has 21 heavy (non-hydrogen) atoms. The van der Waals surface area contributed by atoms with Crippen molar-refractivity contribution in [3.63, 3.8) is 0 Å². The predicted octanol–water partition coefficient (Wildman–Crippen LogP) is 4.73. The summed E-state index contributed by atoms with van der Waals surface area (Å²) in [5.41, 5.74) is 3.17. The van der Waals surface area contributed by atoms with Gasteiger partial charge in [0.25, 0.3) is 0 Å². The van der Waals surface area contributed by atoms with Crippen LogP contribution in [-0.2, 0) is 6.54 Å². The van der Waals surface area contributed by atoms with E-state index in [0.717, 1.165) is 28.8 Å². The molecule has 1 atom stereocenters. The lowest BCUT2D eigenvalue weighted by atomic mass is 10.1. The van der Waals surface area contributed by atoms with Gasteiger partial charge in [-0.1, -0.05) is 30.3 Å². The van der Waals surface area contributed by atoms with Gasteiger partial charge in [0.05, 0.1) is 0 Å². The highest BCUT2D eigenvalue weighted by molar-refractivity contribution is 5.82. The van der Waals surface area contributed by atoms with Gasteiger partial charge in [-0.25, -0.2) is 4.39 Å². The molecule has 0 aliphatic carbocycles. The lowest BCUT2D eigenvalue weighted by Crippen LogP contribution is -2.18. The van der Waals surface area contributed by atoms with E-state index in [-0.39, 0.29) is 11.9 Å². The third-order valence-electron chi connectivity index (χ3n) is 3.86. The quantitative estimate of drug-likeness (QED) is 0.748. The van der Waals surface area contributed by atoms with E-state index in [1.54, 1.807) is 0 Å². The molecular formula is C18H18FNO. The van der Waals surface area contributed by atoms with Crippen LogP contribution in [0.25, 0.3) is 11.0 Å². The van der Waals surface area contributed by atoms with Crippen LogP contribution in [0.4, 0.5) is 4.39 Å². The monoisotopic (exact) mass is 283 g/mol. The summed E-state index contributed by atoms with van der Waals surface area (Å²) in [5.74, 6) is 0.734. The van der Waals surface area contributed by atoms with Crippen molar-refractivity contribution in [3.8, 4) is 0 Å². The number of hydrogen-bond acceptors (Lipinski definition) is 2. The van der Waals surface area contributed by atoms with Crippen LogP contribution in [0.5, 0.6) is 0 Å². The van der Waals surface area contributed by atoms with Gasteiger partial charge >= 0.3 is 0 Å². The summed E-state index contributed by atoms with van der Waals surface area (Å²) in [6.07, 6.45) is 0. The summed E-state index contributed by atoms with van der Waals surface area (Å²) in [7, 11) is 0. The fourth-order valence-electron chi connectivity index (χ4n) is 2.57. The van der Waals surface area contributed by atoms with Crippen molar-refractivity contribution < 1.29 is 8.81 Å². The maximum atomic E-state index is 13.0. The molecule has 0 bridgehead atoms. The van der Waals surface area contributed by atoms with E-state index in [9.17, 15) is 4.39 Å². The highest BCUT2D eigenvalue weighted by Gasteiger charge is 2.12. The Morgan fingerprint density at radius 2 is 1.81 bits per heavy atom. The minimum atomic E-state index is -0.206. The molecule has 1 aromatic heterocycles. The smallest absolute Gasteiger partial charge is 0.134 e. The molecule has 1 heterocycles. The Balaban J connectivity index is 1.77. The summed E-state index contributed by atoms with van der Waals surface area (Å²) in [5, 5.41) is 4.62. The first kappa shape index (κ1) is 13.8. The molecular weight excluding hydrogens is 265 g/mol. The summed E-state index contributed by atoms with van der Waals surface area (Å²) in [6, 6.07) is 14.8. The third-order valence-corrected chi connectivity index (χ3v) is 3.86. The molecule has 0 saturated heterocycles. The topological polar surface area (TPSA) is 25.2 Å². The zero-order valence-corrected chi connectivity index (χ0v) is 12.2. The van der Waals surface area contributed by atoms with Gasteiger partial charge in [0.15, 0.2) is 0 Å². The Labute approximate surface area is 123 Å². The second-order valence-corrected chi connectivity index (χ2v) is 5.29. The van der Waals surface area contributed by atoms with Crippen LogP contribution in [0.1, 0.15) is 29.9 Å². The van der Waals surface area contributed by atoms with Gasteiger partial charge in [-0.15, -0.1) is 0 Å². The maximum absolute atomic E-state index is 13.0. The highest BCUT2D eigenvalue weighted by Crippen LogP contribution is 2.25. The standard InChI is InChI=1S/C18H18FNO/c1-12(14-7-9-15(19)10-8-14)20-11-17-13(2)21-18-6-4-3-5-16(17)18/h3-10,12,20H,11H2,1-2H3/t12-/m0/s1. The zero-order valence-electron chi connectivity index (χ0n) is 12.2. The van der Waals surface area contributed by atoms with Gasteiger partial charge in [0.1, 0.15) is 17.2 Å². The average Bonchev–Trinajstić information content (AvgIpc) is 2.81. The number of aryl methyl sites for hydroxylation is 1. The number of furan rings is 1. The van der Waals surface area contributed by atoms with E-state index >= 15 is 0 Å². The number of halogens is 1. The summed E-state index contributed by atoms with van der Waals surface area (Å²) >= 11 is 0. The fraction of sp³-hybridized carbons (Fsp3) is 0.222. The van der Waals surface area contributed by atoms with Crippen molar-refractivity contribution in [1.29, 1.82) is 0 Å². The van der Waals surface area contributed by atoms with Gasteiger partial charge in [-0.2, -0.15) is 0 Å². The molecule has 3 rings (SSSR count). The van der Waals surface area contributed by atoms with E-state index in [4.69, 9.17) is 4.42 Å². The molecule has 0 aliphatic rings. The largest absolute Gasteiger partial charge is 0.461 e. The molecule has 2 aromatic carbocycles. The first-order valence-corrected chi connectivity index (χ1v) is 7.11. The number of para-hydroxylation sites is 1. The second kappa shape index (κ2) is 5.70. The van der Waals surface area contributed by atoms with Crippen LogP contribution in [0.2, 0.25) is 0 Å². The molecule has 0 radical (unpaired) electrons. The van der Waals surface area contributed by atoms with Gasteiger partial charge in [-0.05, 0) is 37.6 Å². The van der Waals surface area contributed by atoms with Gasteiger partial charge in [0, 0.05) is 23.5 Å². The summed E-state index contributed by atoms with van der Waals surface area (Å²) < 4.78 is 18.7. The van der Waals surface area contributed by atoms with Crippen molar-refractivity contribution >= 4 is 11.0 Å². The molecule has 108 valence electrons. The Kier molecular flexibility index (Phi) is 3.76. The molecule has 0 spiro atoms. The minimum Gasteiger partial charge on any atom is -0.461 e. The number of benzene rings is 2. The molecule has 0 unspecified atom stereocenters. The zero-order chi connectivity index (χ0) is 14.8. The molecule has 0 fully saturated rings. The first-order valence-electron chi connectivity index (χ1n) is 7.11. The highest BCUT2D eigenvalue weighted by atomic mass is 19.1. The maximum Gasteiger partial charge on any atom is 0.134 e. The average molecular weight is 283 g/mol. The molecule has 1 N–H and O–H groups in total. The molecule has 0 amide bonds. The Hall–Kier alpha value is -2.13. The molecule has 2 nitrogen and oxygen atoms in total. The summed E-state index contributed by atoms with van der Waals surface area (Å²) in [4.78, 5) is 0. The van der Waals surface area contributed by atoms with Crippen LogP contribution in [0.3, 0.4) is 0 Å². The van der Waals surface area contributed by atoms with E-state index < -0.39 is 0 Å². The van der Waals surface area contributed by atoms with E-state index in [1.807, 2.05) is 37.3 Å². The van der Waals surface area contributed by atoms with E-state index in [2.05, 4.69) is 18.3 Å². The van der Waals surface area contributed by atoms with Gasteiger partial charge in [0.2, 0.25) is 0 Å². The van der Waals surface area contributed by atoms with Crippen molar-refractivity contribution in [3.05, 3.63) is 71.2 Å². The number of fused-ring (bicyclic) bond motifs is 1. The Bertz CT molecular complexity index is 746. The Morgan fingerprint density at radius 3 is 2.57 bits per heavy atom. The number of rotatable bonds is 4. The molecule has 0 aliphatic heterocycles. The van der Waals surface area contributed by atoms with Crippen molar-refractivity contribution in [2.45, 2.75) is 26.4 Å². The van der Waals surface area contributed by atoms with E-state index in [0.29, 0.717) is 0 Å². The summed E-state index contributed by atoms with van der Waals surface area (Å²) in [6.45, 7) is 4.78. The normalized spacial score (nSPS) is 12.7. The van der Waals surface area contributed by atoms with Crippen molar-refractivity contribution in [1.82, 2.24) is 5.32 Å². The van der Waals surface area contributed by atoms with Crippen LogP contribution in [0, 0.1) is 12.7 Å². The minimum absolute atomic E-state index is 0.152. The fourth-order valence-corrected chi connectivity index (χ4v) is 2.57. The predicted molar refractivity (Wildman–Crippen MR) is 82.6 cm³/mol. The van der Waals surface area contributed by atoms with Gasteiger partial charge < -0.3 is 9.73 Å². The van der Waals surface area contributed by atoms with Gasteiger partial charge in [-0.3, -0.25) is 0 Å². The lowest BCUT2D eigenvalue weighted by molar-refractivity contribution is 0.543. The van der Waals surface area contributed by atoms with Crippen LogP contribution in [0.15, 0.2) is 52.9 Å². The van der Waals surface area contributed by atoms with Crippen molar-refractivity contribution in [2.75, 3.05) is 0 Å². The lowest BCUT2D eigenvalue weighted by Gasteiger charge is -2.14. The first-order chi connectivity index (χ1) is 10.1. The third kappa shape index (κ3) is 2.83. The number of nitrogens with one attached hydrogen (secondary N) is 1. The number of hydrogen-bond donors (Lipinski definition) is 1. The van der Waals surface area contributed by atoms with Crippen LogP contribution < -0.4 is 5.32 Å². The molecule has 3 aromatic rings. The van der Waals surface area contributed by atoms with Crippen LogP contribution in [-0.4, -0.2) is 0 Å².